The van der Waals surface area contributed by atoms with Crippen LogP contribution in [-0.4, -0.2) is 88.4 Å². The molecule has 0 spiro atoms. The van der Waals surface area contributed by atoms with Crippen molar-refractivity contribution in [2.45, 2.75) is 56.6 Å². The molecule has 0 saturated heterocycles. The summed E-state index contributed by atoms with van der Waals surface area (Å²) in [5.41, 5.74) is 2.69. The average Bonchev–Trinajstić information content (AvgIpc) is 2.90. The first-order valence-corrected chi connectivity index (χ1v) is 14.0. The maximum Gasteiger partial charge on any atom is 0.255 e. The Balaban J connectivity index is 1.72. The summed E-state index contributed by atoms with van der Waals surface area (Å²) in [6.07, 6.45) is 4.43. The van der Waals surface area contributed by atoms with E-state index in [4.69, 9.17) is 5.73 Å². The number of nitrogens with zero attached hydrogens (tertiary/aromatic N) is 2. The number of carbonyl (C=O) groups excluding carboxylic acids is 4. The second-order valence-electron chi connectivity index (χ2n) is 12.2. The zero-order valence-corrected chi connectivity index (χ0v) is 23.7. The fraction of sp³-hybridized carbons (Fsp3) is 0.533. The van der Waals surface area contributed by atoms with Gasteiger partial charge in [0.15, 0.2) is 17.2 Å². The molecule has 1 aromatic rings. The smallest absolute Gasteiger partial charge is 0.255 e. The monoisotopic (exact) mass is 567 g/mol. The molecule has 0 aliphatic heterocycles. The van der Waals surface area contributed by atoms with E-state index in [1.807, 2.05) is 0 Å². The van der Waals surface area contributed by atoms with E-state index >= 15 is 0 Å². The minimum absolute atomic E-state index is 0.00213. The van der Waals surface area contributed by atoms with E-state index in [0.29, 0.717) is 24.1 Å². The van der Waals surface area contributed by atoms with Gasteiger partial charge in [-0.25, -0.2) is 0 Å². The van der Waals surface area contributed by atoms with Gasteiger partial charge in [0.25, 0.3) is 5.91 Å². The fourth-order valence-corrected chi connectivity index (χ4v) is 7.46. The molecule has 41 heavy (non-hydrogen) atoms. The number of hydrogen-bond donors (Lipinski definition) is 5. The predicted molar refractivity (Wildman–Crippen MR) is 149 cm³/mol. The van der Waals surface area contributed by atoms with E-state index in [9.17, 15) is 39.6 Å². The number of phenols is 1. The Labute approximate surface area is 237 Å². The molecule has 2 fully saturated rings. The number of aliphatic hydroxyl groups excluding tert-OH is 2. The molecule has 5 rings (SSSR count). The van der Waals surface area contributed by atoms with Gasteiger partial charge in [-0.1, -0.05) is 19.3 Å². The van der Waals surface area contributed by atoms with Crippen molar-refractivity contribution in [3.8, 4) is 5.75 Å². The maximum atomic E-state index is 14.1. The third-order valence-corrected chi connectivity index (χ3v) is 9.42. The van der Waals surface area contributed by atoms with Crippen LogP contribution in [0.4, 0.5) is 5.69 Å². The van der Waals surface area contributed by atoms with Crippen LogP contribution in [-0.2, 0) is 20.8 Å². The van der Waals surface area contributed by atoms with Crippen molar-refractivity contribution >= 4 is 34.7 Å². The number of carbonyl (C=O) groups is 4. The number of rotatable bonds is 5. The summed E-state index contributed by atoms with van der Waals surface area (Å²) in [7, 11) is 6.66. The number of benzene rings is 1. The second kappa shape index (κ2) is 9.99. The fourth-order valence-electron chi connectivity index (χ4n) is 7.46. The van der Waals surface area contributed by atoms with Gasteiger partial charge in [-0.05, 0) is 57.3 Å². The molecule has 11 nitrogen and oxygen atoms in total. The van der Waals surface area contributed by atoms with Gasteiger partial charge in [-0.15, -0.1) is 0 Å². The molecule has 220 valence electrons. The van der Waals surface area contributed by atoms with Crippen LogP contribution < -0.4 is 10.6 Å². The number of likely N-dealkylation sites (N-methyl/N-ethyl adjacent to an activating group) is 1. The molecular formula is C30H37N3O8. The number of aliphatic hydroxyl groups is 3. The third kappa shape index (κ3) is 4.08. The zero-order valence-electron chi connectivity index (χ0n) is 23.7. The van der Waals surface area contributed by atoms with Crippen LogP contribution in [0.1, 0.15) is 60.0 Å². The van der Waals surface area contributed by atoms with Crippen molar-refractivity contribution in [1.29, 1.82) is 0 Å². The molecule has 0 aromatic heterocycles. The maximum absolute atomic E-state index is 14.1. The van der Waals surface area contributed by atoms with Crippen molar-refractivity contribution in [3.05, 3.63) is 39.7 Å². The number of nitrogens with two attached hydrogens (primary N) is 1. The molecular weight excluding hydrogens is 530 g/mol. The molecule has 0 radical (unpaired) electrons. The summed E-state index contributed by atoms with van der Waals surface area (Å²) in [6, 6.07) is 0.481. The second-order valence-corrected chi connectivity index (χ2v) is 12.2. The van der Waals surface area contributed by atoms with Crippen molar-refractivity contribution in [1.82, 2.24) is 4.90 Å². The Bertz CT molecular complexity index is 1440. The number of hydrogen-bond acceptors (Lipinski definition) is 10. The molecule has 4 aliphatic carbocycles. The molecule has 4 aliphatic rings. The summed E-state index contributed by atoms with van der Waals surface area (Å²) >= 11 is 0. The number of primary amides is 1. The highest BCUT2D eigenvalue weighted by molar-refractivity contribution is 6.24. The largest absolute Gasteiger partial charge is 0.508 e. The predicted octanol–water partition coefficient (Wildman–Crippen LogP) is 1.79. The van der Waals surface area contributed by atoms with E-state index in [1.165, 1.54) is 4.90 Å². The van der Waals surface area contributed by atoms with E-state index in [0.717, 1.165) is 19.3 Å². The lowest BCUT2D eigenvalue weighted by Gasteiger charge is -2.50. The Kier molecular flexibility index (Phi) is 7.02. The van der Waals surface area contributed by atoms with Crippen LogP contribution in [0.3, 0.4) is 0 Å². The van der Waals surface area contributed by atoms with Crippen LogP contribution in [0.5, 0.6) is 5.75 Å². The van der Waals surface area contributed by atoms with Crippen LogP contribution in [0, 0.1) is 17.8 Å². The highest BCUT2D eigenvalue weighted by Gasteiger charge is 2.64. The van der Waals surface area contributed by atoms with Gasteiger partial charge < -0.3 is 31.1 Å². The van der Waals surface area contributed by atoms with Gasteiger partial charge >= 0.3 is 0 Å². The normalized spacial score (nSPS) is 28.4. The molecule has 1 aromatic carbocycles. The highest BCUT2D eigenvalue weighted by Crippen LogP contribution is 2.54. The van der Waals surface area contributed by atoms with E-state index in [1.54, 1.807) is 39.2 Å². The van der Waals surface area contributed by atoms with Gasteiger partial charge in [0.2, 0.25) is 5.78 Å². The van der Waals surface area contributed by atoms with Crippen LogP contribution in [0.15, 0.2) is 23.0 Å². The lowest BCUT2D eigenvalue weighted by Crippen LogP contribution is -2.65. The first-order valence-electron chi connectivity index (χ1n) is 14.0. The van der Waals surface area contributed by atoms with Gasteiger partial charge in [0, 0.05) is 37.2 Å². The topological polar surface area (TPSA) is 182 Å². The standard InChI is InChI=1S/C30H37N3O8/c1-32(2)18-12-16(23(34)13-8-6-5-7-9-13)24(35)20-15(18)10-14-11-17-22(33(3)4)26(37)21(29(31)40)28(39)30(17,41)27(38)19(14)25(20)36/h12-14,17,22,35-36,39,41H,5-11H2,1-4H3,(H2,31,40)/t14?,17?,22-,30-/m0/s1. The number of ketones is 3. The summed E-state index contributed by atoms with van der Waals surface area (Å²) in [4.78, 5) is 56.3. The van der Waals surface area contributed by atoms with E-state index < -0.39 is 63.8 Å². The average molecular weight is 568 g/mol. The number of Topliss-reactive ketones (excluding diaryl/α,β-unsaturated/α-hetero) is 3. The molecule has 2 saturated carbocycles. The SMILES string of the molecule is CN(C)c1cc(C(=O)C2CCCCC2)c(O)c2c1CC1CC3[C@H](N(C)C)C(=O)C(C(N)=O)=C(O)[C@@]3(O)C(=O)C1=C2O. The summed E-state index contributed by atoms with van der Waals surface area (Å²) in [5, 5.41) is 45.8. The number of amides is 1. The van der Waals surface area contributed by atoms with Crippen LogP contribution in [0.2, 0.25) is 0 Å². The van der Waals surface area contributed by atoms with Crippen molar-refractivity contribution < 1.29 is 39.6 Å². The Hall–Kier alpha value is -3.70. The van der Waals surface area contributed by atoms with Crippen LogP contribution >= 0.6 is 0 Å². The number of phenolic OH excluding ortho intramolecular Hbond substituents is 1. The molecule has 0 heterocycles. The molecule has 4 atom stereocenters. The molecule has 0 bridgehead atoms. The van der Waals surface area contributed by atoms with Crippen molar-refractivity contribution in [2.75, 3.05) is 33.1 Å². The van der Waals surface area contributed by atoms with Gasteiger partial charge in [-0.3, -0.25) is 24.1 Å². The van der Waals surface area contributed by atoms with Crippen molar-refractivity contribution in [3.63, 3.8) is 0 Å². The van der Waals surface area contributed by atoms with Crippen LogP contribution in [0.25, 0.3) is 5.76 Å². The minimum Gasteiger partial charge on any atom is -0.508 e. The Morgan fingerprint density at radius 3 is 2.22 bits per heavy atom. The molecule has 11 heteroatoms. The quantitative estimate of drug-likeness (QED) is 0.260. The summed E-state index contributed by atoms with van der Waals surface area (Å²) in [6.45, 7) is 0. The Morgan fingerprint density at radius 1 is 1.02 bits per heavy atom. The number of fused-ring (bicyclic) bond motifs is 3. The summed E-state index contributed by atoms with van der Waals surface area (Å²) < 4.78 is 0. The zero-order chi connectivity index (χ0) is 30.1. The Morgan fingerprint density at radius 2 is 1.66 bits per heavy atom. The van der Waals surface area contributed by atoms with Crippen molar-refractivity contribution in [2.24, 2.45) is 23.5 Å². The minimum atomic E-state index is -2.71. The molecule has 2 unspecified atom stereocenters. The number of aromatic hydroxyl groups is 1. The van der Waals surface area contributed by atoms with Gasteiger partial charge in [-0.2, -0.15) is 0 Å². The lowest BCUT2D eigenvalue weighted by atomic mass is 9.57. The highest BCUT2D eigenvalue weighted by atomic mass is 16.3. The third-order valence-electron chi connectivity index (χ3n) is 9.42. The number of anilines is 1. The lowest BCUT2D eigenvalue weighted by molar-refractivity contribution is -0.153. The molecule has 6 N–H and O–H groups in total. The van der Waals surface area contributed by atoms with E-state index in [2.05, 4.69) is 0 Å². The summed E-state index contributed by atoms with van der Waals surface area (Å²) in [5.74, 6) is -7.65. The van der Waals surface area contributed by atoms with E-state index in [-0.39, 0.29) is 41.2 Å². The van der Waals surface area contributed by atoms with Gasteiger partial charge in [0.05, 0.1) is 17.2 Å². The first kappa shape index (κ1) is 28.8. The molecule has 1 amide bonds. The first-order chi connectivity index (χ1) is 19.2. The van der Waals surface area contributed by atoms with Gasteiger partial charge in [0.1, 0.15) is 22.8 Å².